The molecule has 0 saturated carbocycles. The van der Waals surface area contributed by atoms with Crippen molar-refractivity contribution in [1.29, 1.82) is 0 Å². The predicted octanol–water partition coefficient (Wildman–Crippen LogP) is 4.67. The van der Waals surface area contributed by atoms with Crippen LogP contribution in [0.25, 0.3) is 0 Å². The molecule has 19 heavy (non-hydrogen) atoms. The highest BCUT2D eigenvalue weighted by Gasteiger charge is 2.15. The molecule has 1 aromatic carbocycles. The van der Waals surface area contributed by atoms with Gasteiger partial charge in [0.15, 0.2) is 0 Å². The topological polar surface area (TPSA) is 15.3 Å². The first-order valence-electron chi connectivity index (χ1n) is 7.95. The lowest BCUT2D eigenvalue weighted by Gasteiger charge is -2.31. The van der Waals surface area contributed by atoms with Gasteiger partial charge in [-0.1, -0.05) is 32.4 Å². The van der Waals surface area contributed by atoms with Crippen LogP contribution in [0.5, 0.6) is 0 Å². The van der Waals surface area contributed by atoms with Crippen LogP contribution in [-0.4, -0.2) is 19.1 Å². The Kier molecular flexibility index (Phi) is 5.56. The molecular formula is C17H28N2. The molecule has 1 fully saturated rings. The molecule has 0 bridgehead atoms. The second-order valence-electron chi connectivity index (χ2n) is 5.60. The Morgan fingerprint density at radius 2 is 1.84 bits per heavy atom. The van der Waals surface area contributed by atoms with Crippen molar-refractivity contribution in [2.45, 2.75) is 58.4 Å². The summed E-state index contributed by atoms with van der Waals surface area (Å²) in [5.74, 6) is 0. The number of benzene rings is 1. The van der Waals surface area contributed by atoms with E-state index in [1.54, 1.807) is 0 Å². The lowest BCUT2D eigenvalue weighted by molar-refractivity contribution is 0.576. The van der Waals surface area contributed by atoms with E-state index in [4.69, 9.17) is 0 Å². The maximum absolute atomic E-state index is 3.75. The molecule has 2 heteroatoms. The van der Waals surface area contributed by atoms with Crippen LogP contribution in [0.2, 0.25) is 0 Å². The van der Waals surface area contributed by atoms with Gasteiger partial charge in [-0.15, -0.1) is 0 Å². The molecule has 1 saturated heterocycles. The van der Waals surface area contributed by atoms with Crippen molar-refractivity contribution in [1.82, 2.24) is 0 Å². The maximum Gasteiger partial charge on any atom is 0.0602 e. The molecule has 1 aromatic rings. The van der Waals surface area contributed by atoms with Crippen molar-refractivity contribution in [3.05, 3.63) is 24.3 Å². The average Bonchev–Trinajstić information content (AvgIpc) is 2.48. The molecule has 0 aromatic heterocycles. The zero-order valence-electron chi connectivity index (χ0n) is 12.5. The van der Waals surface area contributed by atoms with Gasteiger partial charge in [-0.05, 0) is 44.2 Å². The quantitative estimate of drug-likeness (QED) is 0.799. The minimum Gasteiger partial charge on any atom is -0.381 e. The van der Waals surface area contributed by atoms with Gasteiger partial charge in [-0.2, -0.15) is 0 Å². The fourth-order valence-corrected chi connectivity index (χ4v) is 2.95. The average molecular weight is 260 g/mol. The molecule has 2 rings (SSSR count). The van der Waals surface area contributed by atoms with Crippen molar-refractivity contribution < 1.29 is 0 Å². The van der Waals surface area contributed by atoms with Crippen LogP contribution < -0.4 is 10.2 Å². The summed E-state index contributed by atoms with van der Waals surface area (Å²) in [7, 11) is 0. The molecule has 2 nitrogen and oxygen atoms in total. The lowest BCUT2D eigenvalue weighted by atomic mass is 10.1. The molecule has 1 unspecified atom stereocenters. The van der Waals surface area contributed by atoms with E-state index < -0.39 is 0 Å². The van der Waals surface area contributed by atoms with Gasteiger partial charge in [0.1, 0.15) is 0 Å². The zero-order valence-corrected chi connectivity index (χ0v) is 12.5. The highest BCUT2D eigenvalue weighted by atomic mass is 15.1. The highest BCUT2D eigenvalue weighted by molar-refractivity contribution is 5.70. The van der Waals surface area contributed by atoms with E-state index in [-0.39, 0.29) is 0 Å². The molecule has 1 heterocycles. The van der Waals surface area contributed by atoms with E-state index in [9.17, 15) is 0 Å². The number of nitrogens with one attached hydrogen (secondary N) is 1. The second-order valence-corrected chi connectivity index (χ2v) is 5.60. The van der Waals surface area contributed by atoms with E-state index >= 15 is 0 Å². The third-order valence-electron chi connectivity index (χ3n) is 4.09. The van der Waals surface area contributed by atoms with Gasteiger partial charge in [0, 0.05) is 19.1 Å². The third-order valence-corrected chi connectivity index (χ3v) is 4.09. The van der Waals surface area contributed by atoms with Gasteiger partial charge < -0.3 is 10.2 Å². The van der Waals surface area contributed by atoms with Crippen molar-refractivity contribution in [2.75, 3.05) is 23.3 Å². The summed E-state index contributed by atoms with van der Waals surface area (Å²) in [6.07, 6.45) is 7.75. The van der Waals surface area contributed by atoms with Crippen LogP contribution in [0.1, 0.15) is 52.4 Å². The maximum atomic E-state index is 3.75. The molecule has 1 atom stereocenters. The van der Waals surface area contributed by atoms with Crippen LogP contribution in [0.4, 0.5) is 11.4 Å². The second kappa shape index (κ2) is 7.42. The highest BCUT2D eigenvalue weighted by Crippen LogP contribution is 2.29. The molecule has 1 aliphatic rings. The van der Waals surface area contributed by atoms with Crippen molar-refractivity contribution in [3.63, 3.8) is 0 Å². The summed E-state index contributed by atoms with van der Waals surface area (Å²) < 4.78 is 0. The van der Waals surface area contributed by atoms with E-state index in [1.807, 2.05) is 0 Å². The first-order chi connectivity index (χ1) is 9.35. The van der Waals surface area contributed by atoms with Crippen molar-refractivity contribution >= 4 is 11.4 Å². The number of para-hydroxylation sites is 2. The Hall–Kier alpha value is -1.18. The van der Waals surface area contributed by atoms with Crippen molar-refractivity contribution in [3.8, 4) is 0 Å². The van der Waals surface area contributed by atoms with Gasteiger partial charge in [-0.25, -0.2) is 0 Å². The van der Waals surface area contributed by atoms with Crippen LogP contribution in [0, 0.1) is 0 Å². The van der Waals surface area contributed by atoms with E-state index in [2.05, 4.69) is 48.3 Å². The molecule has 0 aliphatic carbocycles. The van der Waals surface area contributed by atoms with Crippen molar-refractivity contribution in [2.24, 2.45) is 0 Å². The van der Waals surface area contributed by atoms with Gasteiger partial charge in [-0.3, -0.25) is 0 Å². The van der Waals surface area contributed by atoms with Gasteiger partial charge >= 0.3 is 0 Å². The number of anilines is 2. The van der Waals surface area contributed by atoms with Gasteiger partial charge in [0.2, 0.25) is 0 Å². The van der Waals surface area contributed by atoms with Crippen LogP contribution >= 0.6 is 0 Å². The largest absolute Gasteiger partial charge is 0.381 e. The number of nitrogens with zero attached hydrogens (tertiary/aromatic N) is 1. The minimum atomic E-state index is 0.607. The predicted molar refractivity (Wildman–Crippen MR) is 85.1 cm³/mol. The standard InChI is InChI=1S/C17H28N2/c1-3-10-15(4-2)18-16-11-6-7-12-17(16)19-13-8-5-9-14-19/h6-7,11-12,15,18H,3-5,8-10,13-14H2,1-2H3. The Balaban J connectivity index is 2.10. The smallest absolute Gasteiger partial charge is 0.0602 e. The van der Waals surface area contributed by atoms with E-state index in [0.717, 1.165) is 0 Å². The summed E-state index contributed by atoms with van der Waals surface area (Å²) in [5, 5.41) is 3.75. The Morgan fingerprint density at radius 3 is 2.53 bits per heavy atom. The molecule has 1 N–H and O–H groups in total. The monoisotopic (exact) mass is 260 g/mol. The fourth-order valence-electron chi connectivity index (χ4n) is 2.95. The van der Waals surface area contributed by atoms with Crippen LogP contribution in [0.15, 0.2) is 24.3 Å². The Labute approximate surface area is 118 Å². The number of hydrogen-bond donors (Lipinski definition) is 1. The van der Waals surface area contributed by atoms with Crippen LogP contribution in [-0.2, 0) is 0 Å². The minimum absolute atomic E-state index is 0.607. The fraction of sp³-hybridized carbons (Fsp3) is 0.647. The lowest BCUT2D eigenvalue weighted by Crippen LogP contribution is -2.30. The van der Waals surface area contributed by atoms with Gasteiger partial charge in [0.25, 0.3) is 0 Å². The SMILES string of the molecule is CCCC(CC)Nc1ccccc1N1CCCCC1. The zero-order chi connectivity index (χ0) is 13.5. The Bertz CT molecular complexity index is 369. The van der Waals surface area contributed by atoms with E-state index in [1.165, 1.54) is 63.0 Å². The molecular weight excluding hydrogens is 232 g/mol. The number of rotatable bonds is 6. The number of hydrogen-bond acceptors (Lipinski definition) is 2. The van der Waals surface area contributed by atoms with Crippen LogP contribution in [0.3, 0.4) is 0 Å². The molecule has 1 aliphatic heterocycles. The third kappa shape index (κ3) is 3.89. The Morgan fingerprint density at radius 1 is 1.11 bits per heavy atom. The summed E-state index contributed by atoms with van der Waals surface area (Å²) in [6, 6.07) is 9.43. The van der Waals surface area contributed by atoms with Gasteiger partial charge in [0.05, 0.1) is 11.4 Å². The molecule has 0 spiro atoms. The number of piperidine rings is 1. The normalized spacial score (nSPS) is 17.3. The summed E-state index contributed by atoms with van der Waals surface area (Å²) in [4.78, 5) is 2.55. The summed E-state index contributed by atoms with van der Waals surface area (Å²) in [5.41, 5.74) is 2.72. The summed E-state index contributed by atoms with van der Waals surface area (Å²) >= 11 is 0. The molecule has 0 radical (unpaired) electrons. The summed E-state index contributed by atoms with van der Waals surface area (Å²) in [6.45, 7) is 6.96. The van der Waals surface area contributed by atoms with E-state index in [0.29, 0.717) is 6.04 Å². The molecule has 106 valence electrons. The first-order valence-corrected chi connectivity index (χ1v) is 7.95. The first kappa shape index (κ1) is 14.2. The molecule has 0 amide bonds.